The smallest absolute Gasteiger partial charge is 0.344 e. The van der Waals surface area contributed by atoms with Crippen molar-refractivity contribution in [1.29, 1.82) is 0 Å². The van der Waals surface area contributed by atoms with E-state index in [2.05, 4.69) is 9.97 Å². The Hall–Kier alpha value is -0.780. The number of hydrogen-bond acceptors (Lipinski definition) is 4. The van der Waals surface area contributed by atoms with Crippen LogP contribution in [0, 0.1) is 0 Å². The normalized spacial score (nSPS) is 12.3. The third-order valence-electron chi connectivity index (χ3n) is 1.40. The average Bonchev–Trinajstić information content (AvgIpc) is 2.10. The van der Waals surface area contributed by atoms with E-state index in [1.165, 1.54) is 6.92 Å². The largest absolute Gasteiger partial charge is 0.479 e. The first-order valence-corrected chi connectivity index (χ1v) is 4.83. The summed E-state index contributed by atoms with van der Waals surface area (Å²) < 4.78 is 4.95. The maximum Gasteiger partial charge on any atom is 0.344 e. The van der Waals surface area contributed by atoms with Gasteiger partial charge in [-0.1, -0.05) is 23.2 Å². The lowest BCUT2D eigenvalue weighted by atomic mass is 10.4. The molecule has 8 heteroatoms. The molecule has 0 saturated carbocycles. The fourth-order valence-electron chi connectivity index (χ4n) is 0.698. The van der Waals surface area contributed by atoms with Gasteiger partial charge in [0.15, 0.2) is 22.2 Å². The van der Waals surface area contributed by atoms with E-state index in [1.807, 2.05) is 0 Å². The van der Waals surface area contributed by atoms with Crippen LogP contribution in [-0.2, 0) is 4.79 Å². The zero-order valence-electron chi connectivity index (χ0n) is 7.37. The summed E-state index contributed by atoms with van der Waals surface area (Å²) in [4.78, 5) is 17.6. The van der Waals surface area contributed by atoms with Crippen molar-refractivity contribution >= 4 is 40.8 Å². The van der Waals surface area contributed by atoms with Gasteiger partial charge in [0.1, 0.15) is 0 Å². The second-order valence-corrected chi connectivity index (χ2v) is 3.56. The number of carboxylic acid groups (broad SMARTS) is 1. The predicted molar refractivity (Wildman–Crippen MR) is 54.8 cm³/mol. The molecule has 0 amide bonds. The highest BCUT2D eigenvalue weighted by Crippen LogP contribution is 2.31. The Morgan fingerprint density at radius 1 is 1.33 bits per heavy atom. The van der Waals surface area contributed by atoms with Gasteiger partial charge in [-0.2, -0.15) is 0 Å². The zero-order valence-corrected chi connectivity index (χ0v) is 9.64. The number of nitrogens with zero attached hydrogens (tertiary/aromatic N) is 2. The minimum atomic E-state index is -1.16. The Labute approximate surface area is 99.9 Å². The van der Waals surface area contributed by atoms with Crippen LogP contribution in [-0.4, -0.2) is 27.1 Å². The summed E-state index contributed by atoms with van der Waals surface area (Å²) in [5.41, 5.74) is 0. The van der Waals surface area contributed by atoms with Crippen LogP contribution in [0.15, 0.2) is 0 Å². The van der Waals surface area contributed by atoms with E-state index >= 15 is 0 Å². The van der Waals surface area contributed by atoms with Crippen molar-refractivity contribution in [2.75, 3.05) is 0 Å². The summed E-state index contributed by atoms with van der Waals surface area (Å²) in [5.74, 6) is -1.25. The zero-order chi connectivity index (χ0) is 11.6. The van der Waals surface area contributed by atoms with Crippen LogP contribution in [0.2, 0.25) is 15.6 Å². The molecule has 0 radical (unpaired) electrons. The van der Waals surface area contributed by atoms with E-state index in [0.717, 1.165) is 0 Å². The summed E-state index contributed by atoms with van der Waals surface area (Å²) in [6.07, 6.45) is -1.11. The van der Waals surface area contributed by atoms with Crippen LogP contribution >= 0.6 is 34.8 Å². The van der Waals surface area contributed by atoms with Crippen molar-refractivity contribution in [2.45, 2.75) is 13.0 Å². The summed E-state index contributed by atoms with van der Waals surface area (Å²) in [6.45, 7) is 1.32. The lowest BCUT2D eigenvalue weighted by Crippen LogP contribution is -2.23. The van der Waals surface area contributed by atoms with Crippen LogP contribution in [0.1, 0.15) is 6.92 Å². The second kappa shape index (κ2) is 4.83. The monoisotopic (exact) mass is 270 g/mol. The number of halogens is 3. The molecule has 82 valence electrons. The Morgan fingerprint density at radius 3 is 2.20 bits per heavy atom. The van der Waals surface area contributed by atoms with Gasteiger partial charge in [0.2, 0.25) is 5.28 Å². The van der Waals surface area contributed by atoms with Crippen molar-refractivity contribution in [3.8, 4) is 5.75 Å². The molecule has 0 aliphatic heterocycles. The van der Waals surface area contributed by atoms with Gasteiger partial charge in [-0.3, -0.25) is 0 Å². The first-order valence-electron chi connectivity index (χ1n) is 3.69. The summed E-state index contributed by atoms with van der Waals surface area (Å²) in [5, 5.41) is 8.20. The minimum absolute atomic E-state index is 0.0994. The van der Waals surface area contributed by atoms with Crippen LogP contribution < -0.4 is 4.74 Å². The van der Waals surface area contributed by atoms with Gasteiger partial charge < -0.3 is 9.84 Å². The summed E-state index contributed by atoms with van der Waals surface area (Å²) >= 11 is 16.7. The van der Waals surface area contributed by atoms with Crippen molar-refractivity contribution in [1.82, 2.24) is 9.97 Å². The Morgan fingerprint density at radius 2 is 1.80 bits per heavy atom. The van der Waals surface area contributed by atoms with Crippen molar-refractivity contribution < 1.29 is 14.6 Å². The van der Waals surface area contributed by atoms with Gasteiger partial charge in [-0.15, -0.1) is 0 Å². The molecule has 0 bridgehead atoms. The van der Waals surface area contributed by atoms with Crippen LogP contribution in [0.5, 0.6) is 5.75 Å². The van der Waals surface area contributed by atoms with Crippen molar-refractivity contribution in [3.05, 3.63) is 15.6 Å². The van der Waals surface area contributed by atoms with Gasteiger partial charge in [0, 0.05) is 0 Å². The molecule has 0 unspecified atom stereocenters. The maximum absolute atomic E-state index is 10.5. The minimum Gasteiger partial charge on any atom is -0.479 e. The molecule has 1 heterocycles. The Bertz CT molecular complexity index is 376. The van der Waals surface area contributed by atoms with E-state index in [1.54, 1.807) is 0 Å². The molecule has 1 rings (SSSR count). The van der Waals surface area contributed by atoms with Crippen LogP contribution in [0.4, 0.5) is 0 Å². The molecule has 5 nitrogen and oxygen atoms in total. The highest BCUT2D eigenvalue weighted by Gasteiger charge is 2.19. The number of aromatic nitrogens is 2. The van der Waals surface area contributed by atoms with E-state index in [-0.39, 0.29) is 21.3 Å². The quantitative estimate of drug-likeness (QED) is 0.674. The molecule has 0 aliphatic carbocycles. The molecule has 1 aromatic rings. The van der Waals surface area contributed by atoms with E-state index in [4.69, 9.17) is 44.6 Å². The summed E-state index contributed by atoms with van der Waals surface area (Å²) in [7, 11) is 0. The molecule has 0 spiro atoms. The maximum atomic E-state index is 10.5. The fraction of sp³-hybridized carbons (Fsp3) is 0.286. The molecule has 1 atom stereocenters. The topological polar surface area (TPSA) is 72.3 Å². The first kappa shape index (κ1) is 12.3. The predicted octanol–water partition coefficient (Wildman–Crippen LogP) is 2.29. The molecule has 1 N–H and O–H groups in total. The van der Waals surface area contributed by atoms with Crippen LogP contribution in [0.25, 0.3) is 0 Å². The van der Waals surface area contributed by atoms with Gasteiger partial charge in [0.05, 0.1) is 0 Å². The fourth-order valence-corrected chi connectivity index (χ4v) is 1.43. The third-order valence-corrected chi connectivity index (χ3v) is 2.08. The van der Waals surface area contributed by atoms with E-state index < -0.39 is 12.1 Å². The number of hydrogen-bond donors (Lipinski definition) is 1. The third kappa shape index (κ3) is 3.09. The Kier molecular flexibility index (Phi) is 3.96. The highest BCUT2D eigenvalue weighted by atomic mass is 35.5. The van der Waals surface area contributed by atoms with E-state index in [0.29, 0.717) is 0 Å². The molecular weight excluding hydrogens is 266 g/mol. The average molecular weight is 271 g/mol. The number of carboxylic acids is 1. The molecule has 0 fully saturated rings. The second-order valence-electron chi connectivity index (χ2n) is 2.50. The summed E-state index contributed by atoms with van der Waals surface area (Å²) in [6, 6.07) is 0. The number of aliphatic carboxylic acids is 1. The molecule has 0 aliphatic rings. The lowest BCUT2D eigenvalue weighted by molar-refractivity contribution is -0.144. The first-order chi connectivity index (χ1) is 6.91. The molecule has 0 saturated heterocycles. The SMILES string of the molecule is C[C@@H](Oc1c(Cl)nc(Cl)nc1Cl)C(=O)O. The standard InChI is InChI=1S/C7H5Cl3N2O3/c1-2(6(13)14)15-3-4(8)11-7(10)12-5(3)9/h2H,1H3,(H,13,14)/t2-/m1/s1. The Balaban J connectivity index is 3.00. The number of rotatable bonds is 3. The number of carbonyl (C=O) groups is 1. The van der Waals surface area contributed by atoms with Crippen molar-refractivity contribution in [2.24, 2.45) is 0 Å². The molecule has 1 aromatic heterocycles. The number of ether oxygens (including phenoxy) is 1. The highest BCUT2D eigenvalue weighted by molar-refractivity contribution is 6.37. The van der Waals surface area contributed by atoms with Gasteiger partial charge in [-0.05, 0) is 18.5 Å². The van der Waals surface area contributed by atoms with Gasteiger partial charge >= 0.3 is 5.97 Å². The van der Waals surface area contributed by atoms with Gasteiger partial charge in [0.25, 0.3) is 0 Å². The molecular formula is C7H5Cl3N2O3. The van der Waals surface area contributed by atoms with Crippen molar-refractivity contribution in [3.63, 3.8) is 0 Å². The van der Waals surface area contributed by atoms with Crippen LogP contribution in [0.3, 0.4) is 0 Å². The lowest BCUT2D eigenvalue weighted by Gasteiger charge is -2.11. The molecule has 0 aromatic carbocycles. The van der Waals surface area contributed by atoms with E-state index in [9.17, 15) is 4.79 Å². The molecule has 15 heavy (non-hydrogen) atoms. The van der Waals surface area contributed by atoms with Gasteiger partial charge in [-0.25, -0.2) is 14.8 Å².